The van der Waals surface area contributed by atoms with Gasteiger partial charge in [-0.1, -0.05) is 32.4 Å². The van der Waals surface area contributed by atoms with E-state index in [1.54, 1.807) is 7.11 Å². The average molecular weight is 310 g/mol. The Hall–Kier alpha value is -0.730. The highest BCUT2D eigenvalue weighted by Gasteiger charge is 2.23. The molecule has 1 aromatic rings. The van der Waals surface area contributed by atoms with Crippen molar-refractivity contribution in [3.63, 3.8) is 0 Å². The molecule has 1 fully saturated rings. The van der Waals surface area contributed by atoms with Crippen molar-refractivity contribution in [2.24, 2.45) is 0 Å². The Kier molecular flexibility index (Phi) is 5.95. The summed E-state index contributed by atoms with van der Waals surface area (Å²) in [6.07, 6.45) is 3.92. The first-order chi connectivity index (χ1) is 10.0. The normalized spacial score (nSPS) is 21.5. The second kappa shape index (κ2) is 7.51. The van der Waals surface area contributed by atoms with Gasteiger partial charge in [0.25, 0.3) is 0 Å². The first kappa shape index (κ1) is 16.6. The summed E-state index contributed by atoms with van der Waals surface area (Å²) >= 11 is 6.74. The molecule has 0 N–H and O–H groups in total. The number of halogens is 1. The molecule has 3 heteroatoms. The van der Waals surface area contributed by atoms with Gasteiger partial charge in [-0.05, 0) is 43.9 Å². The van der Waals surface area contributed by atoms with Crippen LogP contribution in [0.15, 0.2) is 18.2 Å². The molecule has 0 saturated carbocycles. The summed E-state index contributed by atoms with van der Waals surface area (Å²) in [7, 11) is 1.72. The number of methoxy groups -OCH3 is 1. The summed E-state index contributed by atoms with van der Waals surface area (Å²) in [5.74, 6) is 1.41. The van der Waals surface area contributed by atoms with Gasteiger partial charge in [0, 0.05) is 18.2 Å². The topological polar surface area (TPSA) is 12.5 Å². The van der Waals surface area contributed by atoms with Crippen molar-refractivity contribution in [1.82, 2.24) is 4.90 Å². The number of hydrogen-bond acceptors (Lipinski definition) is 2. The van der Waals surface area contributed by atoms with E-state index in [1.165, 1.54) is 24.8 Å². The lowest BCUT2D eigenvalue weighted by Crippen LogP contribution is -2.39. The van der Waals surface area contributed by atoms with Crippen molar-refractivity contribution < 1.29 is 4.74 Å². The molecule has 1 aromatic carbocycles. The fraction of sp³-hybridized carbons (Fsp3) is 0.667. The number of rotatable bonds is 5. The second-order valence-corrected chi connectivity index (χ2v) is 6.99. The molecule has 2 atom stereocenters. The van der Waals surface area contributed by atoms with Crippen LogP contribution >= 0.6 is 11.6 Å². The highest BCUT2D eigenvalue weighted by molar-refractivity contribution is 6.21. The molecule has 0 radical (unpaired) electrons. The van der Waals surface area contributed by atoms with Crippen LogP contribution in [0.2, 0.25) is 0 Å². The van der Waals surface area contributed by atoms with E-state index in [4.69, 9.17) is 16.3 Å². The number of benzene rings is 1. The minimum absolute atomic E-state index is 0.0146. The molecule has 0 bridgehead atoms. The maximum Gasteiger partial charge on any atom is 0.123 e. The third-order valence-corrected chi connectivity index (χ3v) is 4.97. The monoisotopic (exact) mass is 309 g/mol. The van der Waals surface area contributed by atoms with Crippen molar-refractivity contribution in [1.29, 1.82) is 0 Å². The Balaban J connectivity index is 2.16. The maximum absolute atomic E-state index is 6.74. The minimum Gasteiger partial charge on any atom is -0.496 e. The van der Waals surface area contributed by atoms with Crippen LogP contribution in [0.25, 0.3) is 0 Å². The Bertz CT molecular complexity index is 461. The smallest absolute Gasteiger partial charge is 0.123 e. The third-order valence-electron chi connectivity index (χ3n) is 4.59. The molecule has 0 amide bonds. The lowest BCUT2D eigenvalue weighted by atomic mass is 9.97. The molecule has 0 spiro atoms. The van der Waals surface area contributed by atoms with Gasteiger partial charge in [-0.2, -0.15) is 0 Å². The van der Waals surface area contributed by atoms with E-state index < -0.39 is 0 Å². The van der Waals surface area contributed by atoms with Gasteiger partial charge in [-0.15, -0.1) is 11.6 Å². The number of hydrogen-bond donors (Lipinski definition) is 0. The Labute approximate surface area is 134 Å². The molecule has 1 aliphatic heterocycles. The molecule has 1 aliphatic rings. The highest BCUT2D eigenvalue weighted by Crippen LogP contribution is 2.34. The van der Waals surface area contributed by atoms with E-state index in [-0.39, 0.29) is 5.38 Å². The van der Waals surface area contributed by atoms with Crippen LogP contribution in [-0.2, 0) is 0 Å². The summed E-state index contributed by atoms with van der Waals surface area (Å²) in [5, 5.41) is -0.0146. The molecule has 2 rings (SSSR count). The van der Waals surface area contributed by atoms with Gasteiger partial charge >= 0.3 is 0 Å². The average Bonchev–Trinajstić information content (AvgIpc) is 2.48. The van der Waals surface area contributed by atoms with Crippen LogP contribution in [0.3, 0.4) is 0 Å². The van der Waals surface area contributed by atoms with Crippen LogP contribution in [0.1, 0.15) is 62.5 Å². The fourth-order valence-electron chi connectivity index (χ4n) is 3.09. The van der Waals surface area contributed by atoms with Crippen molar-refractivity contribution >= 4 is 11.6 Å². The first-order valence-corrected chi connectivity index (χ1v) is 8.52. The predicted octanol–water partition coefficient (Wildman–Crippen LogP) is 4.97. The molecule has 0 aromatic heterocycles. The van der Waals surface area contributed by atoms with Crippen LogP contribution in [-0.4, -0.2) is 31.1 Å². The molecular formula is C18H28ClNO. The molecule has 2 unspecified atom stereocenters. The van der Waals surface area contributed by atoms with Crippen LogP contribution in [0.4, 0.5) is 0 Å². The van der Waals surface area contributed by atoms with Crippen molar-refractivity contribution in [3.05, 3.63) is 29.3 Å². The van der Waals surface area contributed by atoms with E-state index in [0.29, 0.717) is 12.0 Å². The third kappa shape index (κ3) is 4.14. The summed E-state index contributed by atoms with van der Waals surface area (Å²) in [6.45, 7) is 8.80. The van der Waals surface area contributed by atoms with E-state index in [0.717, 1.165) is 24.4 Å². The zero-order valence-electron chi connectivity index (χ0n) is 13.7. The zero-order chi connectivity index (χ0) is 15.4. The lowest BCUT2D eigenvalue weighted by molar-refractivity contribution is 0.160. The van der Waals surface area contributed by atoms with Gasteiger partial charge in [-0.25, -0.2) is 0 Å². The van der Waals surface area contributed by atoms with Crippen molar-refractivity contribution in [3.8, 4) is 5.75 Å². The van der Waals surface area contributed by atoms with Crippen molar-refractivity contribution in [2.75, 3.05) is 20.2 Å². The minimum atomic E-state index is -0.0146. The van der Waals surface area contributed by atoms with E-state index in [2.05, 4.69) is 43.9 Å². The quantitative estimate of drug-likeness (QED) is 0.712. The number of likely N-dealkylation sites (tertiary alicyclic amines) is 1. The fourth-order valence-corrected chi connectivity index (χ4v) is 3.44. The number of ether oxygens (including phenoxy) is 1. The van der Waals surface area contributed by atoms with Gasteiger partial charge in [0.15, 0.2) is 0 Å². The Morgan fingerprint density at radius 3 is 2.71 bits per heavy atom. The van der Waals surface area contributed by atoms with E-state index in [1.807, 2.05) is 0 Å². The lowest BCUT2D eigenvalue weighted by Gasteiger charge is -2.35. The molecule has 2 nitrogen and oxygen atoms in total. The second-order valence-electron chi connectivity index (χ2n) is 6.46. The van der Waals surface area contributed by atoms with Crippen LogP contribution in [0.5, 0.6) is 5.75 Å². The summed E-state index contributed by atoms with van der Waals surface area (Å²) in [4.78, 5) is 2.52. The van der Waals surface area contributed by atoms with Crippen LogP contribution in [0, 0.1) is 0 Å². The maximum atomic E-state index is 6.74. The summed E-state index contributed by atoms with van der Waals surface area (Å²) in [6, 6.07) is 7.05. The molecule has 1 saturated heterocycles. The summed E-state index contributed by atoms with van der Waals surface area (Å²) < 4.78 is 5.51. The number of nitrogens with zero attached hydrogens (tertiary/aromatic N) is 1. The van der Waals surface area contributed by atoms with E-state index >= 15 is 0 Å². The zero-order valence-corrected chi connectivity index (χ0v) is 14.5. The largest absolute Gasteiger partial charge is 0.496 e. The SMILES string of the molecule is COc1ccc(C(C)C)cc1C(Cl)CN1CCCCC1C. The van der Waals surface area contributed by atoms with Gasteiger partial charge < -0.3 is 4.74 Å². The Morgan fingerprint density at radius 1 is 1.33 bits per heavy atom. The van der Waals surface area contributed by atoms with Gasteiger partial charge in [0.05, 0.1) is 12.5 Å². The molecule has 0 aliphatic carbocycles. The van der Waals surface area contributed by atoms with Gasteiger partial charge in [0.2, 0.25) is 0 Å². The standard InChI is InChI=1S/C18H28ClNO/c1-13(2)15-8-9-18(21-4)16(11-15)17(19)12-20-10-6-5-7-14(20)3/h8-9,11,13-14,17H,5-7,10,12H2,1-4H3. The van der Waals surface area contributed by atoms with Crippen molar-refractivity contribution in [2.45, 2.75) is 57.4 Å². The van der Waals surface area contributed by atoms with E-state index in [9.17, 15) is 0 Å². The molecule has 1 heterocycles. The predicted molar refractivity (Wildman–Crippen MR) is 90.6 cm³/mol. The first-order valence-electron chi connectivity index (χ1n) is 8.09. The summed E-state index contributed by atoms with van der Waals surface area (Å²) in [5.41, 5.74) is 2.45. The molecular weight excluding hydrogens is 282 g/mol. The van der Waals surface area contributed by atoms with Gasteiger partial charge in [-0.3, -0.25) is 4.90 Å². The van der Waals surface area contributed by atoms with Gasteiger partial charge in [0.1, 0.15) is 5.75 Å². The Morgan fingerprint density at radius 2 is 2.10 bits per heavy atom. The van der Waals surface area contributed by atoms with Crippen LogP contribution < -0.4 is 4.74 Å². The molecule has 118 valence electrons. The number of piperidine rings is 1. The highest BCUT2D eigenvalue weighted by atomic mass is 35.5. The molecule has 21 heavy (non-hydrogen) atoms. The number of alkyl halides is 1.